The molecule has 0 aromatic carbocycles. The van der Waals surface area contributed by atoms with Gasteiger partial charge >= 0.3 is 11.9 Å². The third-order valence-corrected chi connectivity index (χ3v) is 7.47. The van der Waals surface area contributed by atoms with E-state index in [2.05, 4.69) is 17.1 Å². The molecule has 3 rings (SSSR count). The number of thiophene rings is 1. The molecule has 7 nitrogen and oxygen atoms in total. The maximum Gasteiger partial charge on any atom is 0.341 e. The molecular formula is C23H34N2O5S. The second kappa shape index (κ2) is 10.6. The molecule has 1 aliphatic heterocycles. The van der Waals surface area contributed by atoms with Gasteiger partial charge in [0, 0.05) is 4.88 Å². The van der Waals surface area contributed by atoms with E-state index < -0.39 is 0 Å². The predicted molar refractivity (Wildman–Crippen MR) is 120 cm³/mol. The molecule has 1 amide bonds. The molecule has 0 spiro atoms. The van der Waals surface area contributed by atoms with Gasteiger partial charge < -0.3 is 14.8 Å². The lowest BCUT2D eigenvalue weighted by Gasteiger charge is -2.34. The Morgan fingerprint density at radius 1 is 1.13 bits per heavy atom. The van der Waals surface area contributed by atoms with Crippen molar-refractivity contribution in [2.45, 2.75) is 65.8 Å². The Morgan fingerprint density at radius 3 is 2.45 bits per heavy atom. The first-order valence-corrected chi connectivity index (χ1v) is 12.2. The Balaban J connectivity index is 1.68. The van der Waals surface area contributed by atoms with Gasteiger partial charge in [-0.2, -0.15) is 0 Å². The Kier molecular flexibility index (Phi) is 8.11. The summed E-state index contributed by atoms with van der Waals surface area (Å²) >= 11 is 1.51. The number of rotatable bonds is 7. The fourth-order valence-electron chi connectivity index (χ4n) is 4.42. The van der Waals surface area contributed by atoms with Crippen molar-refractivity contribution in [3.63, 3.8) is 0 Å². The smallest absolute Gasteiger partial charge is 0.341 e. The number of piperidine rings is 1. The van der Waals surface area contributed by atoms with Crippen molar-refractivity contribution in [2.75, 3.05) is 31.6 Å². The van der Waals surface area contributed by atoms with Crippen molar-refractivity contribution in [1.82, 2.24) is 4.90 Å². The molecule has 8 heteroatoms. The van der Waals surface area contributed by atoms with Crippen LogP contribution >= 0.6 is 11.3 Å². The lowest BCUT2D eigenvalue weighted by Crippen LogP contribution is -2.47. The predicted octanol–water partition coefficient (Wildman–Crippen LogP) is 3.65. The standard InChI is InChI=1S/C23H34N2O5S/c1-5-29-22(27)16-9-11-25(12-10-16)15(4)20(26)24-21-19(23(28)30-6-2)17-8-7-14(3)13-18(17)31-21/h14-16H,5-13H2,1-4H3,(H,24,26)/t14-,15+/m0/s1. The van der Waals surface area contributed by atoms with E-state index in [9.17, 15) is 14.4 Å². The summed E-state index contributed by atoms with van der Waals surface area (Å²) in [7, 11) is 0. The number of carbonyl (C=O) groups excluding carboxylic acids is 3. The molecule has 2 heterocycles. The maximum absolute atomic E-state index is 13.0. The molecule has 0 bridgehead atoms. The third-order valence-electron chi connectivity index (χ3n) is 6.30. The zero-order chi connectivity index (χ0) is 22.5. The molecule has 0 unspecified atom stereocenters. The molecule has 1 aromatic rings. The van der Waals surface area contributed by atoms with Gasteiger partial charge in [0.1, 0.15) is 5.00 Å². The van der Waals surface area contributed by atoms with E-state index in [0.717, 1.165) is 24.8 Å². The van der Waals surface area contributed by atoms with Crippen LogP contribution in [0, 0.1) is 11.8 Å². The van der Waals surface area contributed by atoms with Crippen molar-refractivity contribution in [3.05, 3.63) is 16.0 Å². The summed E-state index contributed by atoms with van der Waals surface area (Å²) in [5.41, 5.74) is 1.58. The van der Waals surface area contributed by atoms with Gasteiger partial charge in [-0.05, 0) is 77.4 Å². The zero-order valence-corrected chi connectivity index (χ0v) is 19.8. The van der Waals surface area contributed by atoms with E-state index in [1.807, 2.05) is 13.8 Å². The zero-order valence-electron chi connectivity index (χ0n) is 19.0. The minimum Gasteiger partial charge on any atom is -0.466 e. The van der Waals surface area contributed by atoms with Crippen LogP contribution in [-0.2, 0) is 31.9 Å². The summed E-state index contributed by atoms with van der Waals surface area (Å²) in [5, 5.41) is 3.63. The number of fused-ring (bicyclic) bond motifs is 1. The normalized spacial score (nSPS) is 20.6. The fraction of sp³-hybridized carbons (Fsp3) is 0.696. The minimum absolute atomic E-state index is 0.0899. The van der Waals surface area contributed by atoms with Gasteiger partial charge in [0.25, 0.3) is 0 Å². The third kappa shape index (κ3) is 5.47. The number of hydrogen-bond acceptors (Lipinski definition) is 7. The molecule has 0 radical (unpaired) electrons. The molecule has 2 aliphatic rings. The van der Waals surface area contributed by atoms with E-state index in [4.69, 9.17) is 9.47 Å². The average molecular weight is 451 g/mol. The number of esters is 2. The van der Waals surface area contributed by atoms with Crippen molar-refractivity contribution < 1.29 is 23.9 Å². The summed E-state index contributed by atoms with van der Waals surface area (Å²) in [6.07, 6.45) is 4.19. The highest BCUT2D eigenvalue weighted by Gasteiger charge is 2.33. The second-order valence-corrected chi connectivity index (χ2v) is 9.61. The molecule has 0 saturated carbocycles. The largest absolute Gasteiger partial charge is 0.466 e. The number of anilines is 1. The molecule has 1 N–H and O–H groups in total. The number of hydrogen-bond donors (Lipinski definition) is 1. The quantitative estimate of drug-likeness (QED) is 0.639. The van der Waals surface area contributed by atoms with Crippen LogP contribution in [0.15, 0.2) is 0 Å². The highest BCUT2D eigenvalue weighted by Crippen LogP contribution is 2.40. The fourth-order valence-corrected chi connectivity index (χ4v) is 5.82. The summed E-state index contributed by atoms with van der Waals surface area (Å²) < 4.78 is 10.4. The second-order valence-electron chi connectivity index (χ2n) is 8.50. The van der Waals surface area contributed by atoms with Crippen molar-refractivity contribution in [2.24, 2.45) is 11.8 Å². The van der Waals surface area contributed by atoms with Gasteiger partial charge in [0.2, 0.25) is 5.91 Å². The van der Waals surface area contributed by atoms with Crippen LogP contribution in [0.1, 0.15) is 67.8 Å². The van der Waals surface area contributed by atoms with E-state index >= 15 is 0 Å². The molecule has 1 aliphatic carbocycles. The van der Waals surface area contributed by atoms with E-state index in [1.54, 1.807) is 6.92 Å². The lowest BCUT2D eigenvalue weighted by atomic mass is 9.88. The highest BCUT2D eigenvalue weighted by atomic mass is 32.1. The molecular weight excluding hydrogens is 416 g/mol. The topological polar surface area (TPSA) is 84.9 Å². The van der Waals surface area contributed by atoms with E-state index in [0.29, 0.717) is 55.6 Å². The van der Waals surface area contributed by atoms with Crippen molar-refractivity contribution >= 4 is 34.2 Å². The Hall–Kier alpha value is -1.93. The highest BCUT2D eigenvalue weighted by molar-refractivity contribution is 7.17. The molecule has 1 aromatic heterocycles. The Labute approximate surface area is 188 Å². The van der Waals surface area contributed by atoms with Crippen LogP contribution in [0.2, 0.25) is 0 Å². The minimum atomic E-state index is -0.354. The molecule has 172 valence electrons. The summed E-state index contributed by atoms with van der Waals surface area (Å²) in [6, 6.07) is -0.351. The molecule has 1 fully saturated rings. The monoisotopic (exact) mass is 450 g/mol. The van der Waals surface area contributed by atoms with Crippen molar-refractivity contribution in [3.8, 4) is 0 Å². The van der Waals surface area contributed by atoms with Crippen LogP contribution in [0.4, 0.5) is 5.00 Å². The first-order chi connectivity index (χ1) is 14.8. The SMILES string of the molecule is CCOC(=O)c1c(NC(=O)[C@@H](C)N2CCC(C(=O)OCC)CC2)sc2c1CC[C@H](C)C2. The summed E-state index contributed by atoms with van der Waals surface area (Å²) in [4.78, 5) is 40.9. The van der Waals surface area contributed by atoms with Gasteiger partial charge in [-0.15, -0.1) is 11.3 Å². The molecule has 1 saturated heterocycles. The lowest BCUT2D eigenvalue weighted by molar-refractivity contribution is -0.149. The van der Waals surface area contributed by atoms with Crippen LogP contribution in [0.3, 0.4) is 0 Å². The first kappa shape index (κ1) is 23.7. The number of nitrogens with one attached hydrogen (secondary N) is 1. The van der Waals surface area contributed by atoms with Crippen LogP contribution < -0.4 is 5.32 Å². The van der Waals surface area contributed by atoms with Gasteiger partial charge in [-0.25, -0.2) is 4.79 Å². The van der Waals surface area contributed by atoms with Crippen molar-refractivity contribution in [1.29, 1.82) is 0 Å². The summed E-state index contributed by atoms with van der Waals surface area (Å²) in [6.45, 7) is 9.73. The first-order valence-electron chi connectivity index (χ1n) is 11.4. The van der Waals surface area contributed by atoms with Gasteiger partial charge in [0.05, 0.1) is 30.7 Å². The number of carbonyl (C=O) groups is 3. The van der Waals surface area contributed by atoms with Crippen LogP contribution in [0.25, 0.3) is 0 Å². The number of likely N-dealkylation sites (tertiary alicyclic amines) is 1. The van der Waals surface area contributed by atoms with Crippen LogP contribution in [-0.4, -0.2) is 55.1 Å². The molecule has 31 heavy (non-hydrogen) atoms. The Bertz CT molecular complexity index is 813. The van der Waals surface area contributed by atoms with Gasteiger partial charge in [0.15, 0.2) is 0 Å². The average Bonchev–Trinajstić information content (AvgIpc) is 3.10. The van der Waals surface area contributed by atoms with E-state index in [1.165, 1.54) is 16.2 Å². The number of nitrogens with zero attached hydrogens (tertiary/aromatic N) is 1. The number of ether oxygens (including phenoxy) is 2. The maximum atomic E-state index is 13.0. The Morgan fingerprint density at radius 2 is 1.81 bits per heavy atom. The van der Waals surface area contributed by atoms with E-state index in [-0.39, 0.29) is 29.8 Å². The molecule has 2 atom stereocenters. The van der Waals surface area contributed by atoms with Gasteiger partial charge in [-0.3, -0.25) is 14.5 Å². The summed E-state index contributed by atoms with van der Waals surface area (Å²) in [5.74, 6) is -0.145. The van der Waals surface area contributed by atoms with Gasteiger partial charge in [-0.1, -0.05) is 6.92 Å². The van der Waals surface area contributed by atoms with Crippen LogP contribution in [0.5, 0.6) is 0 Å². The number of amides is 1.